The molecule has 1 nitrogen and oxygen atoms in total. The molecule has 3 rings (SSSR count). The minimum atomic E-state index is 0.106. The van der Waals surface area contributed by atoms with Gasteiger partial charge in [-0.25, -0.2) is 0 Å². The molecule has 1 heterocycles. The molecule has 1 aliphatic heterocycles. The van der Waals surface area contributed by atoms with Gasteiger partial charge in [0.2, 0.25) is 0 Å². The van der Waals surface area contributed by atoms with Crippen LogP contribution in [0.3, 0.4) is 0 Å². The summed E-state index contributed by atoms with van der Waals surface area (Å²) in [5.41, 5.74) is 3.22. The van der Waals surface area contributed by atoms with Crippen molar-refractivity contribution in [2.24, 2.45) is 0 Å². The van der Waals surface area contributed by atoms with Crippen molar-refractivity contribution in [3.05, 3.63) is 35.4 Å². The van der Waals surface area contributed by atoms with Crippen LogP contribution in [0.25, 0.3) is 0 Å². The number of benzene rings is 1. The molecule has 0 bridgehead atoms. The summed E-state index contributed by atoms with van der Waals surface area (Å²) in [7, 11) is 0. The van der Waals surface area contributed by atoms with Gasteiger partial charge in [0, 0.05) is 5.41 Å². The lowest BCUT2D eigenvalue weighted by Gasteiger charge is -2.28. The zero-order valence-corrected chi connectivity index (χ0v) is 8.88. The molecule has 2 aliphatic rings. The molecule has 1 saturated carbocycles. The summed E-state index contributed by atoms with van der Waals surface area (Å²) in [6.45, 7) is 0.889. The second-order valence-electron chi connectivity index (χ2n) is 3.99. The number of alkyl halides is 1. The third kappa shape index (κ3) is 1.09. The Hall–Kier alpha value is -0.340. The van der Waals surface area contributed by atoms with Gasteiger partial charge in [0.25, 0.3) is 0 Å². The van der Waals surface area contributed by atoms with E-state index in [1.165, 1.54) is 24.0 Å². The molecule has 1 unspecified atom stereocenters. The Morgan fingerprint density at radius 2 is 2.08 bits per heavy atom. The van der Waals surface area contributed by atoms with E-state index in [0.717, 1.165) is 6.61 Å². The first-order valence-electron chi connectivity index (χ1n) is 4.67. The molecule has 1 spiro atoms. The van der Waals surface area contributed by atoms with Crippen molar-refractivity contribution in [3.63, 3.8) is 0 Å². The van der Waals surface area contributed by atoms with Gasteiger partial charge in [0.15, 0.2) is 0 Å². The Morgan fingerprint density at radius 3 is 2.85 bits per heavy atom. The Morgan fingerprint density at radius 1 is 1.31 bits per heavy atom. The van der Waals surface area contributed by atoms with E-state index in [2.05, 4.69) is 40.2 Å². The number of halogens is 1. The van der Waals surface area contributed by atoms with Crippen molar-refractivity contribution in [2.45, 2.75) is 23.3 Å². The monoisotopic (exact) mass is 238 g/mol. The summed E-state index contributed by atoms with van der Waals surface area (Å²) in [4.78, 5) is 0. The van der Waals surface area contributed by atoms with E-state index in [9.17, 15) is 0 Å². The largest absolute Gasteiger partial charge is 0.361 e. The number of rotatable bonds is 0. The van der Waals surface area contributed by atoms with E-state index in [1.54, 1.807) is 0 Å². The third-order valence-corrected chi connectivity index (χ3v) is 3.89. The zero-order chi connectivity index (χ0) is 8.89. The zero-order valence-electron chi connectivity index (χ0n) is 7.29. The fourth-order valence-electron chi connectivity index (χ4n) is 2.14. The molecule has 1 aromatic rings. The fraction of sp³-hybridized carbons (Fsp3) is 0.455. The van der Waals surface area contributed by atoms with Crippen molar-refractivity contribution in [2.75, 3.05) is 6.61 Å². The van der Waals surface area contributed by atoms with Gasteiger partial charge in [0.05, 0.1) is 6.61 Å². The van der Waals surface area contributed by atoms with Crippen molar-refractivity contribution in [1.29, 1.82) is 0 Å². The summed E-state index contributed by atoms with van der Waals surface area (Å²) in [6.07, 6.45) is 2.59. The van der Waals surface area contributed by atoms with Gasteiger partial charge in [0.1, 0.15) is 5.01 Å². The van der Waals surface area contributed by atoms with Crippen LogP contribution in [-0.2, 0) is 10.2 Å². The van der Waals surface area contributed by atoms with Crippen molar-refractivity contribution < 1.29 is 4.74 Å². The predicted molar refractivity (Wildman–Crippen MR) is 55.0 cm³/mol. The van der Waals surface area contributed by atoms with Crippen LogP contribution in [0.2, 0.25) is 0 Å². The van der Waals surface area contributed by atoms with Gasteiger partial charge in [-0.2, -0.15) is 0 Å². The summed E-state index contributed by atoms with van der Waals surface area (Å²) < 4.78 is 5.70. The van der Waals surface area contributed by atoms with Crippen LogP contribution in [0, 0.1) is 0 Å². The maximum Gasteiger partial charge on any atom is 0.137 e. The lowest BCUT2D eigenvalue weighted by molar-refractivity contribution is 0.0811. The molecule has 1 aromatic carbocycles. The highest BCUT2D eigenvalue weighted by Crippen LogP contribution is 2.54. The van der Waals surface area contributed by atoms with Crippen LogP contribution in [0.4, 0.5) is 0 Å². The number of hydrogen-bond donors (Lipinski definition) is 0. The molecule has 0 amide bonds. The van der Waals surface area contributed by atoms with Crippen LogP contribution >= 0.6 is 15.9 Å². The molecular weight excluding hydrogens is 228 g/mol. The normalized spacial score (nSPS) is 28.5. The van der Waals surface area contributed by atoms with E-state index in [-0.39, 0.29) is 5.01 Å². The van der Waals surface area contributed by atoms with E-state index < -0.39 is 0 Å². The minimum Gasteiger partial charge on any atom is -0.361 e. The molecule has 0 aromatic heterocycles. The average Bonchev–Trinajstić information content (AvgIpc) is 2.94. The molecule has 0 saturated heterocycles. The van der Waals surface area contributed by atoms with Gasteiger partial charge >= 0.3 is 0 Å². The number of fused-ring (bicyclic) bond motifs is 2. The maximum absolute atomic E-state index is 5.70. The van der Waals surface area contributed by atoms with Crippen LogP contribution in [0.1, 0.15) is 29.0 Å². The quantitative estimate of drug-likeness (QED) is 0.632. The summed E-state index contributed by atoms with van der Waals surface area (Å²) in [5, 5.41) is 0.106. The highest BCUT2D eigenvalue weighted by atomic mass is 79.9. The van der Waals surface area contributed by atoms with Crippen molar-refractivity contribution >= 4 is 15.9 Å². The van der Waals surface area contributed by atoms with Crippen molar-refractivity contribution in [1.82, 2.24) is 0 Å². The van der Waals surface area contributed by atoms with Gasteiger partial charge in [-0.1, -0.05) is 40.2 Å². The maximum atomic E-state index is 5.70. The average molecular weight is 239 g/mol. The molecule has 0 radical (unpaired) electrons. The first-order valence-corrected chi connectivity index (χ1v) is 5.58. The molecule has 1 atom stereocenters. The van der Waals surface area contributed by atoms with E-state index >= 15 is 0 Å². The Bertz CT molecular complexity index is 344. The first kappa shape index (κ1) is 8.01. The lowest BCUT2D eigenvalue weighted by atomic mass is 9.90. The fourth-order valence-corrected chi connectivity index (χ4v) is 2.67. The van der Waals surface area contributed by atoms with Crippen LogP contribution in [-0.4, -0.2) is 6.61 Å². The summed E-state index contributed by atoms with van der Waals surface area (Å²) >= 11 is 3.54. The Labute approximate surface area is 86.2 Å². The molecule has 13 heavy (non-hydrogen) atoms. The topological polar surface area (TPSA) is 9.23 Å². The SMILES string of the molecule is BrC1OCC2(CC2)c2ccccc21. The summed E-state index contributed by atoms with van der Waals surface area (Å²) in [6, 6.07) is 8.62. The molecule has 1 aliphatic carbocycles. The Kier molecular flexibility index (Phi) is 1.59. The number of ether oxygens (including phenoxy) is 1. The predicted octanol–water partition coefficient (Wildman–Crippen LogP) is 3.14. The van der Waals surface area contributed by atoms with Gasteiger partial charge in [-0.3, -0.25) is 0 Å². The van der Waals surface area contributed by atoms with E-state index in [1.807, 2.05) is 0 Å². The standard InChI is InChI=1S/C11H11BrO/c12-10-8-3-1-2-4-9(8)11(5-6-11)7-13-10/h1-4,10H,5-7H2. The Balaban J connectivity index is 2.16. The molecule has 2 heteroatoms. The van der Waals surface area contributed by atoms with E-state index in [0.29, 0.717) is 5.41 Å². The van der Waals surface area contributed by atoms with Crippen LogP contribution in [0.5, 0.6) is 0 Å². The van der Waals surface area contributed by atoms with E-state index in [4.69, 9.17) is 4.74 Å². The molecular formula is C11H11BrO. The first-order chi connectivity index (χ1) is 6.32. The van der Waals surface area contributed by atoms with Crippen molar-refractivity contribution in [3.8, 4) is 0 Å². The van der Waals surface area contributed by atoms with Gasteiger partial charge < -0.3 is 4.74 Å². The van der Waals surface area contributed by atoms with Crippen LogP contribution < -0.4 is 0 Å². The minimum absolute atomic E-state index is 0.106. The highest BCUT2D eigenvalue weighted by Gasteiger charge is 2.49. The number of hydrogen-bond acceptors (Lipinski definition) is 1. The lowest BCUT2D eigenvalue weighted by Crippen LogP contribution is -2.24. The molecule has 68 valence electrons. The second kappa shape index (κ2) is 2.58. The van der Waals surface area contributed by atoms with Crippen LogP contribution in [0.15, 0.2) is 24.3 Å². The summed E-state index contributed by atoms with van der Waals surface area (Å²) in [5.74, 6) is 0. The van der Waals surface area contributed by atoms with Gasteiger partial charge in [-0.15, -0.1) is 0 Å². The molecule has 0 N–H and O–H groups in total. The third-order valence-electron chi connectivity index (χ3n) is 3.14. The molecule has 1 fully saturated rings. The second-order valence-corrected chi connectivity index (χ2v) is 4.83. The van der Waals surface area contributed by atoms with Gasteiger partial charge in [-0.05, 0) is 24.0 Å². The highest BCUT2D eigenvalue weighted by molar-refractivity contribution is 9.09. The smallest absolute Gasteiger partial charge is 0.137 e.